The van der Waals surface area contributed by atoms with E-state index in [1.54, 1.807) is 0 Å². The van der Waals surface area contributed by atoms with Crippen molar-refractivity contribution in [1.82, 2.24) is 0 Å². The molecule has 1 aliphatic heterocycles. The number of rotatable bonds is 4. The topological polar surface area (TPSA) is 32.8 Å². The van der Waals surface area contributed by atoms with Crippen LogP contribution in [0.25, 0.3) is 6.08 Å². The first-order chi connectivity index (χ1) is 6.78. The molecule has 74 valence electrons. The van der Waals surface area contributed by atoms with E-state index in [0.29, 0.717) is 6.61 Å². The summed E-state index contributed by atoms with van der Waals surface area (Å²) in [6.45, 7) is 4.49. The predicted molar refractivity (Wildman–Crippen MR) is 56.0 cm³/mol. The van der Waals surface area contributed by atoms with Crippen LogP contribution in [0.4, 0.5) is 0 Å². The zero-order chi connectivity index (χ0) is 10.0. The average molecular weight is 190 g/mol. The highest BCUT2D eigenvalue weighted by atomic mass is 16.6. The Bertz CT molecular complexity index is 340. The highest BCUT2D eigenvalue weighted by Crippen LogP contribution is 2.30. The molecule has 0 amide bonds. The summed E-state index contributed by atoms with van der Waals surface area (Å²) in [5, 5.41) is 9.10. The van der Waals surface area contributed by atoms with Gasteiger partial charge in [-0.2, -0.15) is 0 Å². The van der Waals surface area contributed by atoms with E-state index in [9.17, 15) is 0 Å². The van der Waals surface area contributed by atoms with E-state index in [-0.39, 0.29) is 12.2 Å². The van der Waals surface area contributed by atoms with Gasteiger partial charge in [0.1, 0.15) is 5.60 Å². The normalized spacial score (nSPS) is 24.6. The molecule has 1 atom stereocenters. The molecule has 0 saturated carbocycles. The molecule has 0 bridgehead atoms. The number of epoxide rings is 1. The minimum absolute atomic E-state index is 0.102. The number of hydrogen-bond donors (Lipinski definition) is 1. The third-order valence-electron chi connectivity index (χ3n) is 2.55. The van der Waals surface area contributed by atoms with Crippen molar-refractivity contribution in [2.24, 2.45) is 0 Å². The molecule has 1 aliphatic rings. The fourth-order valence-electron chi connectivity index (χ4n) is 1.55. The summed E-state index contributed by atoms with van der Waals surface area (Å²) in [5.41, 5.74) is 2.00. The summed E-state index contributed by atoms with van der Waals surface area (Å²) in [6.07, 6.45) is 2.61. The van der Waals surface area contributed by atoms with Gasteiger partial charge in [-0.1, -0.05) is 36.9 Å². The van der Waals surface area contributed by atoms with E-state index in [2.05, 4.69) is 12.6 Å². The molecule has 2 rings (SSSR count). The average Bonchev–Trinajstić information content (AvgIpc) is 2.99. The minimum Gasteiger partial charge on any atom is -0.393 e. The van der Waals surface area contributed by atoms with Gasteiger partial charge in [0.05, 0.1) is 13.2 Å². The van der Waals surface area contributed by atoms with E-state index in [0.717, 1.165) is 12.0 Å². The zero-order valence-electron chi connectivity index (χ0n) is 8.07. The number of aliphatic hydroxyl groups is 1. The molecule has 0 aromatic heterocycles. The van der Waals surface area contributed by atoms with Crippen molar-refractivity contribution >= 4 is 6.08 Å². The van der Waals surface area contributed by atoms with Crippen LogP contribution in [0.2, 0.25) is 0 Å². The second kappa shape index (κ2) is 3.56. The molecule has 1 heterocycles. The fourth-order valence-corrected chi connectivity index (χ4v) is 1.55. The molecule has 1 aromatic carbocycles. The second-order valence-corrected chi connectivity index (χ2v) is 3.76. The Morgan fingerprint density at radius 1 is 1.57 bits per heavy atom. The van der Waals surface area contributed by atoms with Crippen LogP contribution in [-0.4, -0.2) is 23.9 Å². The van der Waals surface area contributed by atoms with E-state index in [4.69, 9.17) is 9.84 Å². The van der Waals surface area contributed by atoms with Crippen LogP contribution in [0.3, 0.4) is 0 Å². The standard InChI is InChI=1S/C12H14O2/c1-2-10-4-3-5-11(6-10)7-12(8-13)9-14-12/h2-6,13H,1,7-9H2/t12-/m1/s1. The van der Waals surface area contributed by atoms with Crippen LogP contribution in [0.5, 0.6) is 0 Å². The predicted octanol–water partition coefficient (Wildman–Crippen LogP) is 1.63. The maximum atomic E-state index is 9.10. The van der Waals surface area contributed by atoms with Crippen molar-refractivity contribution in [2.75, 3.05) is 13.2 Å². The smallest absolute Gasteiger partial charge is 0.118 e. The highest BCUT2D eigenvalue weighted by Gasteiger charge is 2.43. The van der Waals surface area contributed by atoms with Gasteiger partial charge in [0, 0.05) is 6.42 Å². The Hall–Kier alpha value is -1.12. The summed E-state index contributed by atoms with van der Waals surface area (Å²) in [6, 6.07) is 8.13. The van der Waals surface area contributed by atoms with Gasteiger partial charge in [-0.15, -0.1) is 0 Å². The van der Waals surface area contributed by atoms with Gasteiger partial charge < -0.3 is 9.84 Å². The lowest BCUT2D eigenvalue weighted by Crippen LogP contribution is -2.19. The van der Waals surface area contributed by atoms with E-state index >= 15 is 0 Å². The van der Waals surface area contributed by atoms with Crippen molar-refractivity contribution in [3.63, 3.8) is 0 Å². The van der Waals surface area contributed by atoms with Crippen molar-refractivity contribution in [3.05, 3.63) is 42.0 Å². The monoisotopic (exact) mass is 190 g/mol. The van der Waals surface area contributed by atoms with Crippen molar-refractivity contribution < 1.29 is 9.84 Å². The van der Waals surface area contributed by atoms with Crippen LogP contribution >= 0.6 is 0 Å². The van der Waals surface area contributed by atoms with Crippen LogP contribution < -0.4 is 0 Å². The fraction of sp³-hybridized carbons (Fsp3) is 0.333. The van der Waals surface area contributed by atoms with Gasteiger partial charge in [0.15, 0.2) is 0 Å². The Morgan fingerprint density at radius 2 is 2.36 bits per heavy atom. The Balaban J connectivity index is 2.12. The second-order valence-electron chi connectivity index (χ2n) is 3.76. The van der Waals surface area contributed by atoms with Gasteiger partial charge >= 0.3 is 0 Å². The number of ether oxygens (including phenoxy) is 1. The van der Waals surface area contributed by atoms with Crippen LogP contribution in [0.15, 0.2) is 30.8 Å². The maximum Gasteiger partial charge on any atom is 0.118 e. The Morgan fingerprint density at radius 3 is 2.93 bits per heavy atom. The summed E-state index contributed by atoms with van der Waals surface area (Å²) < 4.78 is 5.25. The molecule has 2 nitrogen and oxygen atoms in total. The molecule has 0 unspecified atom stereocenters. The van der Waals surface area contributed by atoms with Crippen molar-refractivity contribution in [2.45, 2.75) is 12.0 Å². The van der Waals surface area contributed by atoms with Crippen LogP contribution in [0.1, 0.15) is 11.1 Å². The van der Waals surface area contributed by atoms with E-state index in [1.165, 1.54) is 5.56 Å². The largest absolute Gasteiger partial charge is 0.393 e. The first-order valence-corrected chi connectivity index (χ1v) is 4.74. The van der Waals surface area contributed by atoms with E-state index in [1.807, 2.05) is 24.3 Å². The van der Waals surface area contributed by atoms with Gasteiger partial charge in [-0.25, -0.2) is 0 Å². The summed E-state index contributed by atoms with van der Waals surface area (Å²) in [5.74, 6) is 0. The van der Waals surface area contributed by atoms with Gasteiger partial charge in [0.25, 0.3) is 0 Å². The molecule has 1 saturated heterocycles. The Labute approximate surface area is 83.8 Å². The third kappa shape index (κ3) is 1.86. The molecule has 14 heavy (non-hydrogen) atoms. The summed E-state index contributed by atoms with van der Waals surface area (Å²) in [4.78, 5) is 0. The van der Waals surface area contributed by atoms with E-state index < -0.39 is 0 Å². The third-order valence-corrected chi connectivity index (χ3v) is 2.55. The van der Waals surface area contributed by atoms with Gasteiger partial charge in [-0.3, -0.25) is 0 Å². The highest BCUT2D eigenvalue weighted by molar-refractivity contribution is 5.48. The molecule has 0 radical (unpaired) electrons. The molecule has 1 fully saturated rings. The lowest BCUT2D eigenvalue weighted by atomic mass is 9.99. The number of hydrogen-bond acceptors (Lipinski definition) is 2. The number of benzene rings is 1. The van der Waals surface area contributed by atoms with Gasteiger partial charge in [-0.05, 0) is 11.1 Å². The van der Waals surface area contributed by atoms with Crippen molar-refractivity contribution in [3.8, 4) is 0 Å². The van der Waals surface area contributed by atoms with Gasteiger partial charge in [0.2, 0.25) is 0 Å². The lowest BCUT2D eigenvalue weighted by Gasteiger charge is -2.08. The molecule has 2 heteroatoms. The molecule has 1 N–H and O–H groups in total. The minimum atomic E-state index is -0.292. The zero-order valence-corrected chi connectivity index (χ0v) is 8.07. The lowest BCUT2D eigenvalue weighted by molar-refractivity contribution is 0.171. The SMILES string of the molecule is C=Cc1cccc(C[C@@]2(CO)CO2)c1. The van der Waals surface area contributed by atoms with Crippen molar-refractivity contribution in [1.29, 1.82) is 0 Å². The quantitative estimate of drug-likeness (QED) is 0.732. The van der Waals surface area contributed by atoms with Crippen LogP contribution in [0, 0.1) is 0 Å². The summed E-state index contributed by atoms with van der Waals surface area (Å²) >= 11 is 0. The van der Waals surface area contributed by atoms with Crippen LogP contribution in [-0.2, 0) is 11.2 Å². The Kier molecular flexibility index (Phi) is 2.40. The molecule has 0 spiro atoms. The molecular weight excluding hydrogens is 176 g/mol. The molecular formula is C12H14O2. The summed E-state index contributed by atoms with van der Waals surface area (Å²) in [7, 11) is 0. The molecule has 1 aromatic rings. The maximum absolute atomic E-state index is 9.10. The number of aliphatic hydroxyl groups excluding tert-OH is 1. The molecule has 0 aliphatic carbocycles. The first kappa shape index (κ1) is 9.44. The first-order valence-electron chi connectivity index (χ1n) is 4.74.